The third kappa shape index (κ3) is 4.03. The minimum Gasteiger partial charge on any atom is -0.504 e. The molecule has 8 nitrogen and oxygen atoms in total. The molecule has 1 aromatic heterocycles. The van der Waals surface area contributed by atoms with Gasteiger partial charge in [-0.25, -0.2) is 0 Å². The molecule has 4 rings (SSSR count). The van der Waals surface area contributed by atoms with E-state index >= 15 is 0 Å². The lowest BCUT2D eigenvalue weighted by Gasteiger charge is -2.27. The minimum atomic E-state index is -0.994. The second-order valence-electron chi connectivity index (χ2n) is 7.24. The number of Topliss-reactive ketones (excluding diaryl/α,β-unsaturated/α-hetero) is 1. The van der Waals surface area contributed by atoms with E-state index in [9.17, 15) is 19.8 Å². The van der Waals surface area contributed by atoms with Crippen LogP contribution in [0.1, 0.15) is 36.0 Å². The fourth-order valence-corrected chi connectivity index (χ4v) is 3.82. The Balaban J connectivity index is 1.88. The fourth-order valence-electron chi connectivity index (χ4n) is 3.82. The van der Waals surface area contributed by atoms with Gasteiger partial charge >= 0.3 is 0 Å². The summed E-state index contributed by atoms with van der Waals surface area (Å²) in [5, 5.41) is 21.0. The summed E-state index contributed by atoms with van der Waals surface area (Å²) in [5.41, 5.74) is 0.756. The Bertz CT molecular complexity index is 1210. The van der Waals surface area contributed by atoms with Crippen molar-refractivity contribution in [2.45, 2.75) is 19.9 Å². The fraction of sp³-hybridized carbons (Fsp3) is 0.200. The van der Waals surface area contributed by atoms with Gasteiger partial charge in [-0.1, -0.05) is 12.1 Å². The summed E-state index contributed by atoms with van der Waals surface area (Å²) in [6.07, 6.45) is 1.34. The summed E-state index contributed by atoms with van der Waals surface area (Å²) in [6, 6.07) is 13.4. The number of benzene rings is 2. The van der Waals surface area contributed by atoms with Crippen LogP contribution in [-0.4, -0.2) is 35.1 Å². The van der Waals surface area contributed by atoms with E-state index in [0.717, 1.165) is 0 Å². The van der Waals surface area contributed by atoms with Crippen molar-refractivity contribution in [1.82, 2.24) is 0 Å². The molecule has 1 atom stereocenters. The number of ketones is 1. The van der Waals surface area contributed by atoms with E-state index in [0.29, 0.717) is 30.2 Å². The Hall–Kier alpha value is -4.20. The SMILES string of the molecule is CCOc1cccc(N2C(=O)C(O)=C(C(=O)c3ccco3)C2c2ccc(O)c(OCC)c2)c1. The van der Waals surface area contributed by atoms with E-state index in [1.807, 2.05) is 6.92 Å². The molecule has 1 aliphatic rings. The van der Waals surface area contributed by atoms with Crippen LogP contribution in [-0.2, 0) is 4.79 Å². The molecule has 0 fully saturated rings. The Morgan fingerprint density at radius 2 is 1.82 bits per heavy atom. The van der Waals surface area contributed by atoms with E-state index in [4.69, 9.17) is 13.9 Å². The zero-order valence-electron chi connectivity index (χ0n) is 18.1. The number of rotatable bonds is 8. The first kappa shape index (κ1) is 22.0. The van der Waals surface area contributed by atoms with Crippen LogP contribution in [0, 0.1) is 0 Å². The zero-order chi connectivity index (χ0) is 23.5. The Morgan fingerprint density at radius 1 is 1.03 bits per heavy atom. The van der Waals surface area contributed by atoms with Crippen LogP contribution in [0.2, 0.25) is 0 Å². The highest BCUT2D eigenvalue weighted by atomic mass is 16.5. The molecule has 2 N–H and O–H groups in total. The largest absolute Gasteiger partial charge is 0.504 e. The Kier molecular flexibility index (Phi) is 6.08. The quantitative estimate of drug-likeness (QED) is 0.485. The summed E-state index contributed by atoms with van der Waals surface area (Å²) >= 11 is 0. The standard InChI is InChI=1S/C25H23NO7/c1-3-31-17-8-5-7-16(14-17)26-22(15-10-11-18(27)20(13-15)32-4-2)21(24(29)25(26)30)23(28)19-9-6-12-33-19/h5-14,22,27,29H,3-4H2,1-2H3. The molecule has 0 aliphatic carbocycles. The average molecular weight is 449 g/mol. The maximum absolute atomic E-state index is 13.3. The van der Waals surface area contributed by atoms with Gasteiger partial charge in [-0.3, -0.25) is 14.5 Å². The van der Waals surface area contributed by atoms with E-state index in [1.165, 1.54) is 23.3 Å². The van der Waals surface area contributed by atoms with Crippen molar-refractivity contribution in [3.8, 4) is 17.2 Å². The Labute approximate surface area is 190 Å². The number of aliphatic hydroxyl groups is 1. The summed E-state index contributed by atoms with van der Waals surface area (Å²) < 4.78 is 16.3. The smallest absolute Gasteiger partial charge is 0.294 e. The van der Waals surface area contributed by atoms with Crippen LogP contribution in [0.5, 0.6) is 17.2 Å². The third-order valence-electron chi connectivity index (χ3n) is 5.20. The van der Waals surface area contributed by atoms with Crippen molar-refractivity contribution in [2.75, 3.05) is 18.1 Å². The van der Waals surface area contributed by atoms with E-state index in [-0.39, 0.29) is 22.8 Å². The van der Waals surface area contributed by atoms with Gasteiger partial charge in [-0.05, 0) is 55.8 Å². The molecule has 3 aromatic rings. The molecule has 33 heavy (non-hydrogen) atoms. The summed E-state index contributed by atoms with van der Waals surface area (Å²) in [7, 11) is 0. The van der Waals surface area contributed by atoms with E-state index < -0.39 is 23.5 Å². The first-order valence-corrected chi connectivity index (χ1v) is 10.5. The predicted octanol–water partition coefficient (Wildman–Crippen LogP) is 4.57. The number of hydrogen-bond donors (Lipinski definition) is 2. The number of carbonyl (C=O) groups excluding carboxylic acids is 2. The van der Waals surface area contributed by atoms with Crippen LogP contribution >= 0.6 is 0 Å². The van der Waals surface area contributed by atoms with Crippen LogP contribution in [0.25, 0.3) is 0 Å². The predicted molar refractivity (Wildman–Crippen MR) is 120 cm³/mol. The van der Waals surface area contributed by atoms with Crippen molar-refractivity contribution >= 4 is 17.4 Å². The molecular formula is C25H23NO7. The zero-order valence-corrected chi connectivity index (χ0v) is 18.1. The van der Waals surface area contributed by atoms with E-state index in [1.54, 1.807) is 49.4 Å². The number of ether oxygens (including phenoxy) is 2. The van der Waals surface area contributed by atoms with Crippen molar-refractivity contribution in [3.05, 3.63) is 83.5 Å². The van der Waals surface area contributed by atoms with Gasteiger partial charge in [0.05, 0.1) is 31.1 Å². The van der Waals surface area contributed by atoms with Crippen molar-refractivity contribution in [3.63, 3.8) is 0 Å². The van der Waals surface area contributed by atoms with Crippen LogP contribution < -0.4 is 14.4 Å². The molecular weight excluding hydrogens is 426 g/mol. The third-order valence-corrected chi connectivity index (χ3v) is 5.20. The number of hydrogen-bond acceptors (Lipinski definition) is 7. The van der Waals surface area contributed by atoms with Gasteiger partial charge in [0, 0.05) is 11.8 Å². The van der Waals surface area contributed by atoms with Crippen LogP contribution in [0.15, 0.2) is 76.6 Å². The number of nitrogens with zero attached hydrogens (tertiary/aromatic N) is 1. The summed E-state index contributed by atoms with van der Waals surface area (Å²) in [6.45, 7) is 4.35. The molecule has 2 heterocycles. The number of phenols is 1. The molecule has 0 radical (unpaired) electrons. The number of amides is 1. The first-order valence-electron chi connectivity index (χ1n) is 10.5. The highest BCUT2D eigenvalue weighted by Crippen LogP contribution is 2.44. The number of aromatic hydroxyl groups is 1. The molecule has 0 saturated heterocycles. The summed E-state index contributed by atoms with van der Waals surface area (Å²) in [5.74, 6) is -1.39. The molecule has 1 amide bonds. The van der Waals surface area contributed by atoms with Gasteiger partial charge < -0.3 is 24.1 Å². The second-order valence-corrected chi connectivity index (χ2v) is 7.24. The number of phenolic OH excluding ortho intramolecular Hbond substituents is 1. The monoisotopic (exact) mass is 449 g/mol. The molecule has 0 saturated carbocycles. The highest BCUT2D eigenvalue weighted by Gasteiger charge is 2.45. The molecule has 1 unspecified atom stereocenters. The number of carbonyl (C=O) groups is 2. The van der Waals surface area contributed by atoms with Crippen molar-refractivity contribution < 1.29 is 33.7 Å². The maximum atomic E-state index is 13.3. The summed E-state index contributed by atoms with van der Waals surface area (Å²) in [4.78, 5) is 27.8. The van der Waals surface area contributed by atoms with Gasteiger partial charge in [0.2, 0.25) is 5.78 Å². The normalized spacial score (nSPS) is 15.8. The molecule has 170 valence electrons. The van der Waals surface area contributed by atoms with Gasteiger partial charge in [0.1, 0.15) is 5.75 Å². The first-order chi connectivity index (χ1) is 16.0. The molecule has 2 aromatic carbocycles. The maximum Gasteiger partial charge on any atom is 0.294 e. The molecule has 0 bridgehead atoms. The molecule has 0 spiro atoms. The number of aliphatic hydroxyl groups excluding tert-OH is 1. The topological polar surface area (TPSA) is 109 Å². The lowest BCUT2D eigenvalue weighted by Crippen LogP contribution is -2.31. The number of furan rings is 1. The number of anilines is 1. The average Bonchev–Trinajstić information content (AvgIpc) is 3.43. The van der Waals surface area contributed by atoms with Crippen LogP contribution in [0.3, 0.4) is 0 Å². The highest BCUT2D eigenvalue weighted by molar-refractivity contribution is 6.20. The van der Waals surface area contributed by atoms with Crippen molar-refractivity contribution in [2.24, 2.45) is 0 Å². The molecule has 8 heteroatoms. The van der Waals surface area contributed by atoms with E-state index in [2.05, 4.69) is 0 Å². The van der Waals surface area contributed by atoms with Crippen molar-refractivity contribution in [1.29, 1.82) is 0 Å². The molecule has 1 aliphatic heterocycles. The lowest BCUT2D eigenvalue weighted by molar-refractivity contribution is -0.117. The van der Waals surface area contributed by atoms with Crippen LogP contribution in [0.4, 0.5) is 5.69 Å². The minimum absolute atomic E-state index is 0.0110. The van der Waals surface area contributed by atoms with Gasteiger partial charge in [0.15, 0.2) is 23.0 Å². The second kappa shape index (κ2) is 9.12. The Morgan fingerprint density at radius 3 is 2.52 bits per heavy atom. The van der Waals surface area contributed by atoms with Gasteiger partial charge in [0.25, 0.3) is 5.91 Å². The van der Waals surface area contributed by atoms with Gasteiger partial charge in [-0.15, -0.1) is 0 Å². The lowest BCUT2D eigenvalue weighted by atomic mass is 9.94. The van der Waals surface area contributed by atoms with Gasteiger partial charge in [-0.2, -0.15) is 0 Å².